The van der Waals surface area contributed by atoms with Gasteiger partial charge in [0.2, 0.25) is 0 Å². The fraction of sp³-hybridized carbons (Fsp3) is 0.385. The first-order valence-corrected chi connectivity index (χ1v) is 5.47. The first kappa shape index (κ1) is 13.2. The van der Waals surface area contributed by atoms with Gasteiger partial charge in [0.15, 0.2) is 0 Å². The van der Waals surface area contributed by atoms with Gasteiger partial charge in [-0.3, -0.25) is 4.79 Å². The highest BCUT2D eigenvalue weighted by Crippen LogP contribution is 2.12. The van der Waals surface area contributed by atoms with E-state index in [4.69, 9.17) is 5.26 Å². The van der Waals surface area contributed by atoms with Crippen molar-refractivity contribution in [3.8, 4) is 6.07 Å². The Bertz CT molecular complexity index is 406. The minimum atomic E-state index is -0.218. The Morgan fingerprint density at radius 2 is 2.12 bits per heavy atom. The van der Waals surface area contributed by atoms with Crippen molar-refractivity contribution >= 4 is 5.97 Å². The van der Waals surface area contributed by atoms with Crippen molar-refractivity contribution in [2.24, 2.45) is 0 Å². The molecular formula is C13H16N2O2. The van der Waals surface area contributed by atoms with Gasteiger partial charge in [-0.15, -0.1) is 0 Å². The molecule has 90 valence electrons. The number of carbonyl (C=O) groups excluding carboxylic acids is 1. The van der Waals surface area contributed by atoms with Gasteiger partial charge < -0.3 is 10.1 Å². The molecule has 0 saturated heterocycles. The van der Waals surface area contributed by atoms with E-state index in [1.54, 1.807) is 12.1 Å². The van der Waals surface area contributed by atoms with Crippen molar-refractivity contribution in [1.82, 2.24) is 5.32 Å². The van der Waals surface area contributed by atoms with Gasteiger partial charge in [-0.1, -0.05) is 12.1 Å². The van der Waals surface area contributed by atoms with Crippen LogP contribution in [0.15, 0.2) is 24.3 Å². The molecular weight excluding hydrogens is 216 g/mol. The lowest BCUT2D eigenvalue weighted by Crippen LogP contribution is -2.22. The molecule has 4 heteroatoms. The lowest BCUT2D eigenvalue weighted by Gasteiger charge is -2.13. The largest absolute Gasteiger partial charge is 0.469 e. The average Bonchev–Trinajstić information content (AvgIpc) is 2.38. The van der Waals surface area contributed by atoms with E-state index in [1.807, 2.05) is 19.1 Å². The Hall–Kier alpha value is -1.86. The molecule has 0 fully saturated rings. The molecule has 0 radical (unpaired) electrons. The van der Waals surface area contributed by atoms with Gasteiger partial charge in [-0.05, 0) is 24.6 Å². The predicted molar refractivity (Wildman–Crippen MR) is 64.2 cm³/mol. The second-order valence-electron chi connectivity index (χ2n) is 3.74. The van der Waals surface area contributed by atoms with Gasteiger partial charge in [0, 0.05) is 12.6 Å². The molecule has 17 heavy (non-hydrogen) atoms. The molecule has 0 amide bonds. The molecule has 0 heterocycles. The SMILES string of the molecule is COC(=O)CCNC(C)c1ccc(C#N)cc1. The number of nitrogens with zero attached hydrogens (tertiary/aromatic N) is 1. The number of benzene rings is 1. The van der Waals surface area contributed by atoms with Crippen LogP contribution in [-0.4, -0.2) is 19.6 Å². The maximum atomic E-state index is 10.9. The second kappa shape index (κ2) is 6.66. The molecule has 0 saturated carbocycles. The van der Waals surface area contributed by atoms with E-state index in [-0.39, 0.29) is 12.0 Å². The molecule has 1 aromatic carbocycles. The summed E-state index contributed by atoms with van der Waals surface area (Å²) >= 11 is 0. The van der Waals surface area contributed by atoms with E-state index in [2.05, 4.69) is 16.1 Å². The summed E-state index contributed by atoms with van der Waals surface area (Å²) in [6.45, 7) is 2.59. The van der Waals surface area contributed by atoms with Gasteiger partial charge in [-0.25, -0.2) is 0 Å². The Kier molecular flexibility index (Phi) is 5.18. The van der Waals surface area contributed by atoms with Crippen LogP contribution in [0.3, 0.4) is 0 Å². The molecule has 1 unspecified atom stereocenters. The second-order valence-corrected chi connectivity index (χ2v) is 3.74. The van der Waals surface area contributed by atoms with E-state index in [0.717, 1.165) is 5.56 Å². The van der Waals surface area contributed by atoms with Gasteiger partial charge in [0.25, 0.3) is 0 Å². The summed E-state index contributed by atoms with van der Waals surface area (Å²) in [6.07, 6.45) is 0.358. The highest BCUT2D eigenvalue weighted by atomic mass is 16.5. The van der Waals surface area contributed by atoms with Crippen molar-refractivity contribution in [3.05, 3.63) is 35.4 Å². The van der Waals surface area contributed by atoms with Crippen LogP contribution in [0.25, 0.3) is 0 Å². The first-order chi connectivity index (χ1) is 8.17. The van der Waals surface area contributed by atoms with Gasteiger partial charge in [0.05, 0.1) is 25.2 Å². The summed E-state index contributed by atoms with van der Waals surface area (Å²) in [7, 11) is 1.38. The van der Waals surface area contributed by atoms with Crippen molar-refractivity contribution in [3.63, 3.8) is 0 Å². The highest BCUT2D eigenvalue weighted by Gasteiger charge is 2.06. The number of nitriles is 1. The Labute approximate surface area is 101 Å². The molecule has 0 spiro atoms. The summed E-state index contributed by atoms with van der Waals surface area (Å²) in [5.74, 6) is -0.218. The molecule has 1 rings (SSSR count). The van der Waals surface area contributed by atoms with Crippen LogP contribution in [-0.2, 0) is 9.53 Å². The van der Waals surface area contributed by atoms with Gasteiger partial charge >= 0.3 is 5.97 Å². The van der Waals surface area contributed by atoms with Crippen molar-refractivity contribution < 1.29 is 9.53 Å². The topological polar surface area (TPSA) is 62.1 Å². The van der Waals surface area contributed by atoms with Crippen LogP contribution in [0.5, 0.6) is 0 Å². The zero-order chi connectivity index (χ0) is 12.7. The van der Waals surface area contributed by atoms with Crippen LogP contribution in [0.1, 0.15) is 30.5 Å². The monoisotopic (exact) mass is 232 g/mol. The Morgan fingerprint density at radius 3 is 2.65 bits per heavy atom. The normalized spacial score (nSPS) is 11.6. The molecule has 0 aliphatic heterocycles. The lowest BCUT2D eigenvalue weighted by atomic mass is 10.1. The Morgan fingerprint density at radius 1 is 1.47 bits per heavy atom. The third-order valence-corrected chi connectivity index (χ3v) is 2.55. The fourth-order valence-electron chi connectivity index (χ4n) is 1.46. The van der Waals surface area contributed by atoms with E-state index in [0.29, 0.717) is 18.5 Å². The molecule has 1 N–H and O–H groups in total. The smallest absolute Gasteiger partial charge is 0.306 e. The molecule has 1 aromatic rings. The minimum Gasteiger partial charge on any atom is -0.469 e. The van der Waals surface area contributed by atoms with E-state index >= 15 is 0 Å². The minimum absolute atomic E-state index is 0.146. The predicted octanol–water partition coefficient (Wildman–Crippen LogP) is 1.77. The van der Waals surface area contributed by atoms with Crippen LogP contribution < -0.4 is 5.32 Å². The number of hydrogen-bond acceptors (Lipinski definition) is 4. The molecule has 1 atom stereocenters. The van der Waals surface area contributed by atoms with Crippen LogP contribution in [0, 0.1) is 11.3 Å². The summed E-state index contributed by atoms with van der Waals surface area (Å²) in [6, 6.07) is 9.62. The third kappa shape index (κ3) is 4.25. The van der Waals surface area contributed by atoms with E-state index < -0.39 is 0 Å². The number of rotatable bonds is 5. The standard InChI is InChI=1S/C13H16N2O2/c1-10(15-8-7-13(16)17-2)12-5-3-11(9-14)4-6-12/h3-6,10,15H,7-8H2,1-2H3. The average molecular weight is 232 g/mol. The summed E-state index contributed by atoms with van der Waals surface area (Å²) in [5, 5.41) is 11.9. The summed E-state index contributed by atoms with van der Waals surface area (Å²) in [5.41, 5.74) is 1.74. The zero-order valence-corrected chi connectivity index (χ0v) is 10.1. The Balaban J connectivity index is 2.44. The maximum absolute atomic E-state index is 10.9. The third-order valence-electron chi connectivity index (χ3n) is 2.55. The summed E-state index contributed by atoms with van der Waals surface area (Å²) in [4.78, 5) is 10.9. The highest BCUT2D eigenvalue weighted by molar-refractivity contribution is 5.69. The number of hydrogen-bond donors (Lipinski definition) is 1. The molecule has 0 aromatic heterocycles. The molecule has 4 nitrogen and oxygen atoms in total. The number of carbonyl (C=O) groups is 1. The van der Waals surface area contributed by atoms with Crippen LogP contribution in [0.4, 0.5) is 0 Å². The van der Waals surface area contributed by atoms with Gasteiger partial charge in [-0.2, -0.15) is 5.26 Å². The number of ether oxygens (including phenoxy) is 1. The molecule has 0 aliphatic carbocycles. The fourth-order valence-corrected chi connectivity index (χ4v) is 1.46. The maximum Gasteiger partial charge on any atom is 0.306 e. The van der Waals surface area contributed by atoms with Crippen molar-refractivity contribution in [2.45, 2.75) is 19.4 Å². The van der Waals surface area contributed by atoms with Crippen molar-refractivity contribution in [1.29, 1.82) is 5.26 Å². The lowest BCUT2D eigenvalue weighted by molar-refractivity contribution is -0.140. The van der Waals surface area contributed by atoms with Gasteiger partial charge in [0.1, 0.15) is 0 Å². The van der Waals surface area contributed by atoms with Crippen molar-refractivity contribution in [2.75, 3.05) is 13.7 Å². The van der Waals surface area contributed by atoms with E-state index in [9.17, 15) is 4.79 Å². The zero-order valence-electron chi connectivity index (χ0n) is 10.1. The summed E-state index contributed by atoms with van der Waals surface area (Å²) < 4.78 is 4.55. The van der Waals surface area contributed by atoms with E-state index in [1.165, 1.54) is 7.11 Å². The number of methoxy groups -OCH3 is 1. The van der Waals surface area contributed by atoms with Crippen LogP contribution >= 0.6 is 0 Å². The first-order valence-electron chi connectivity index (χ1n) is 5.47. The quantitative estimate of drug-likeness (QED) is 0.786. The number of esters is 1. The number of nitrogens with one attached hydrogen (secondary N) is 1. The molecule has 0 aliphatic rings. The van der Waals surface area contributed by atoms with Crippen LogP contribution in [0.2, 0.25) is 0 Å². The molecule has 0 bridgehead atoms.